The van der Waals surface area contributed by atoms with Gasteiger partial charge in [-0.25, -0.2) is 0 Å². The van der Waals surface area contributed by atoms with Crippen molar-refractivity contribution in [2.75, 3.05) is 5.32 Å². The summed E-state index contributed by atoms with van der Waals surface area (Å²) >= 11 is 5.08. The van der Waals surface area contributed by atoms with E-state index >= 15 is 0 Å². The van der Waals surface area contributed by atoms with Crippen molar-refractivity contribution in [1.82, 2.24) is 16.2 Å². The van der Waals surface area contributed by atoms with E-state index in [0.717, 1.165) is 32.1 Å². The van der Waals surface area contributed by atoms with Crippen molar-refractivity contribution in [2.45, 2.75) is 32.1 Å². The summed E-state index contributed by atoms with van der Waals surface area (Å²) < 4.78 is 0. The monoisotopic (exact) mass is 424 g/mol. The van der Waals surface area contributed by atoms with Crippen LogP contribution in [0.4, 0.5) is 5.69 Å². The van der Waals surface area contributed by atoms with Crippen molar-refractivity contribution < 1.29 is 14.4 Å². The SMILES string of the molecule is O=C(NNC(=S)NC(=O)C1CCCCC1)c1ccc(NC(=O)c2ccccc2)cc1. The van der Waals surface area contributed by atoms with Gasteiger partial charge in [0.05, 0.1) is 0 Å². The third-order valence-electron chi connectivity index (χ3n) is 4.94. The Hall–Kier alpha value is -3.26. The molecule has 0 spiro atoms. The molecule has 3 rings (SSSR count). The molecule has 1 aliphatic carbocycles. The smallest absolute Gasteiger partial charge is 0.269 e. The molecule has 1 fully saturated rings. The predicted molar refractivity (Wildman–Crippen MR) is 119 cm³/mol. The van der Waals surface area contributed by atoms with Crippen LogP contribution in [0.3, 0.4) is 0 Å². The first-order chi connectivity index (χ1) is 14.5. The summed E-state index contributed by atoms with van der Waals surface area (Å²) in [7, 11) is 0. The third kappa shape index (κ3) is 6.12. The molecule has 0 unspecified atom stereocenters. The highest BCUT2D eigenvalue weighted by Gasteiger charge is 2.21. The number of carbonyl (C=O) groups excluding carboxylic acids is 3. The largest absolute Gasteiger partial charge is 0.322 e. The minimum absolute atomic E-state index is 0.0205. The van der Waals surface area contributed by atoms with E-state index < -0.39 is 5.91 Å². The number of hydrogen-bond acceptors (Lipinski definition) is 4. The summed E-state index contributed by atoms with van der Waals surface area (Å²) in [6.45, 7) is 0. The van der Waals surface area contributed by atoms with Crippen molar-refractivity contribution >= 4 is 40.7 Å². The molecule has 2 aromatic carbocycles. The molecular formula is C22H24N4O3S. The maximum Gasteiger partial charge on any atom is 0.269 e. The molecule has 0 atom stereocenters. The molecule has 0 aromatic heterocycles. The van der Waals surface area contributed by atoms with Gasteiger partial charge in [-0.1, -0.05) is 37.5 Å². The van der Waals surface area contributed by atoms with E-state index in [1.165, 1.54) is 0 Å². The van der Waals surface area contributed by atoms with Crippen LogP contribution in [0.2, 0.25) is 0 Å². The number of rotatable bonds is 4. The molecule has 0 bridgehead atoms. The Morgan fingerprint density at radius 1 is 0.767 bits per heavy atom. The maximum absolute atomic E-state index is 12.3. The topological polar surface area (TPSA) is 99.3 Å². The lowest BCUT2D eigenvalue weighted by Gasteiger charge is -2.21. The molecule has 0 aliphatic heterocycles. The van der Waals surface area contributed by atoms with E-state index in [1.54, 1.807) is 48.5 Å². The molecule has 2 aromatic rings. The second-order valence-electron chi connectivity index (χ2n) is 7.13. The van der Waals surface area contributed by atoms with Crippen LogP contribution in [0.15, 0.2) is 54.6 Å². The van der Waals surface area contributed by atoms with Crippen molar-refractivity contribution in [3.8, 4) is 0 Å². The zero-order valence-corrected chi connectivity index (χ0v) is 17.3. The molecule has 1 saturated carbocycles. The number of hydrazine groups is 1. The highest BCUT2D eigenvalue weighted by molar-refractivity contribution is 7.80. The van der Waals surface area contributed by atoms with Crippen molar-refractivity contribution in [3.05, 3.63) is 65.7 Å². The first-order valence-corrected chi connectivity index (χ1v) is 10.3. The Kier molecular flexibility index (Phi) is 7.51. The van der Waals surface area contributed by atoms with Crippen molar-refractivity contribution in [3.63, 3.8) is 0 Å². The van der Waals surface area contributed by atoms with Crippen LogP contribution in [-0.4, -0.2) is 22.8 Å². The van der Waals surface area contributed by atoms with Gasteiger partial charge < -0.3 is 10.6 Å². The number of amides is 3. The number of anilines is 1. The van der Waals surface area contributed by atoms with Gasteiger partial charge in [-0.3, -0.25) is 25.2 Å². The standard InChI is InChI=1S/C22H24N4O3S/c27-19(15-7-3-1-4-8-15)23-18-13-11-17(12-14-18)21(29)25-26-22(30)24-20(28)16-9-5-2-6-10-16/h1,3-4,7-8,11-14,16H,2,5-6,9-10H2,(H,23,27)(H,25,29)(H2,24,26,28,30). The summed E-state index contributed by atoms with van der Waals surface area (Å²) in [5.41, 5.74) is 6.51. The van der Waals surface area contributed by atoms with Crippen LogP contribution in [0.5, 0.6) is 0 Å². The Labute approximate surface area is 180 Å². The van der Waals surface area contributed by atoms with Gasteiger partial charge in [-0.2, -0.15) is 0 Å². The molecule has 1 aliphatic rings. The fourth-order valence-corrected chi connectivity index (χ4v) is 3.45. The summed E-state index contributed by atoms with van der Waals surface area (Å²) in [5.74, 6) is -0.772. The molecular weight excluding hydrogens is 400 g/mol. The van der Waals surface area contributed by atoms with E-state index in [1.807, 2.05) is 6.07 Å². The molecule has 4 N–H and O–H groups in total. The zero-order valence-electron chi connectivity index (χ0n) is 16.4. The summed E-state index contributed by atoms with van der Waals surface area (Å²) in [4.78, 5) is 36.6. The number of thiocarbonyl (C=S) groups is 1. The van der Waals surface area contributed by atoms with Crippen LogP contribution < -0.4 is 21.5 Å². The van der Waals surface area contributed by atoms with E-state index in [9.17, 15) is 14.4 Å². The van der Waals surface area contributed by atoms with E-state index in [-0.39, 0.29) is 22.8 Å². The van der Waals surface area contributed by atoms with Gasteiger partial charge in [0.2, 0.25) is 5.91 Å². The molecule has 3 amide bonds. The number of hydrogen-bond donors (Lipinski definition) is 4. The number of benzene rings is 2. The zero-order chi connectivity index (χ0) is 21.3. The second-order valence-corrected chi connectivity index (χ2v) is 7.54. The van der Waals surface area contributed by atoms with Gasteiger partial charge in [0, 0.05) is 22.7 Å². The highest BCUT2D eigenvalue weighted by atomic mass is 32.1. The second kappa shape index (κ2) is 10.5. The lowest BCUT2D eigenvalue weighted by Crippen LogP contribution is -2.49. The van der Waals surface area contributed by atoms with Gasteiger partial charge in [-0.05, 0) is 61.5 Å². The van der Waals surface area contributed by atoms with E-state index in [2.05, 4.69) is 21.5 Å². The third-order valence-corrected chi connectivity index (χ3v) is 5.15. The lowest BCUT2D eigenvalue weighted by molar-refractivity contribution is -0.124. The number of nitrogens with one attached hydrogen (secondary N) is 4. The first-order valence-electron chi connectivity index (χ1n) is 9.90. The van der Waals surface area contributed by atoms with E-state index in [4.69, 9.17) is 12.2 Å². The van der Waals surface area contributed by atoms with Gasteiger partial charge in [-0.15, -0.1) is 0 Å². The fraction of sp³-hybridized carbons (Fsp3) is 0.273. The average molecular weight is 425 g/mol. The number of carbonyl (C=O) groups is 3. The summed E-state index contributed by atoms with van der Waals surface area (Å²) in [6.07, 6.45) is 5.01. The first kappa shape index (κ1) is 21.4. The van der Waals surface area contributed by atoms with Gasteiger partial charge in [0.15, 0.2) is 5.11 Å². The average Bonchev–Trinajstić information content (AvgIpc) is 2.79. The molecule has 0 heterocycles. The van der Waals surface area contributed by atoms with E-state index in [0.29, 0.717) is 16.8 Å². The van der Waals surface area contributed by atoms with Crippen LogP contribution in [0.1, 0.15) is 52.8 Å². The quantitative estimate of drug-likeness (QED) is 0.446. The lowest BCUT2D eigenvalue weighted by atomic mass is 9.89. The molecule has 0 radical (unpaired) electrons. The fourth-order valence-electron chi connectivity index (χ4n) is 3.29. The van der Waals surface area contributed by atoms with Crippen molar-refractivity contribution in [2.24, 2.45) is 5.92 Å². The Bertz CT molecular complexity index is 910. The Morgan fingerprint density at radius 3 is 2.07 bits per heavy atom. The van der Waals surface area contributed by atoms with Crippen LogP contribution in [-0.2, 0) is 4.79 Å². The summed E-state index contributed by atoms with van der Waals surface area (Å²) in [6, 6.07) is 15.3. The maximum atomic E-state index is 12.3. The molecule has 7 nitrogen and oxygen atoms in total. The molecule has 30 heavy (non-hydrogen) atoms. The summed E-state index contributed by atoms with van der Waals surface area (Å²) in [5, 5.41) is 5.46. The Balaban J connectivity index is 1.45. The normalized spacial score (nSPS) is 13.7. The molecule has 156 valence electrons. The van der Waals surface area contributed by atoms with Crippen molar-refractivity contribution in [1.29, 1.82) is 0 Å². The van der Waals surface area contributed by atoms with Crippen LogP contribution in [0.25, 0.3) is 0 Å². The molecule has 0 saturated heterocycles. The minimum atomic E-state index is -0.412. The predicted octanol–water partition coefficient (Wildman–Crippen LogP) is 3.15. The molecule has 8 heteroatoms. The van der Waals surface area contributed by atoms with Gasteiger partial charge in [0.1, 0.15) is 0 Å². The van der Waals surface area contributed by atoms with Crippen LogP contribution in [0, 0.1) is 5.92 Å². The Morgan fingerprint density at radius 2 is 1.40 bits per heavy atom. The van der Waals surface area contributed by atoms with Gasteiger partial charge in [0.25, 0.3) is 11.8 Å². The highest BCUT2D eigenvalue weighted by Crippen LogP contribution is 2.23. The minimum Gasteiger partial charge on any atom is -0.322 e. The van der Waals surface area contributed by atoms with Crippen LogP contribution >= 0.6 is 12.2 Å². The van der Waals surface area contributed by atoms with Gasteiger partial charge >= 0.3 is 0 Å².